The Kier molecular flexibility index (Phi) is 7.82. The summed E-state index contributed by atoms with van der Waals surface area (Å²) in [5.41, 5.74) is 1.96. The predicted octanol–water partition coefficient (Wildman–Crippen LogP) is 2.90. The third-order valence-corrected chi connectivity index (χ3v) is 3.01. The summed E-state index contributed by atoms with van der Waals surface area (Å²) in [6.45, 7) is 0.313. The molecule has 0 aliphatic heterocycles. The molecule has 0 aliphatic carbocycles. The highest BCUT2D eigenvalue weighted by atomic mass is 35.5. The van der Waals surface area contributed by atoms with E-state index in [-0.39, 0.29) is 24.1 Å². The van der Waals surface area contributed by atoms with Crippen molar-refractivity contribution in [3.63, 3.8) is 0 Å². The highest BCUT2D eigenvalue weighted by Gasteiger charge is 2.05. The van der Waals surface area contributed by atoms with Gasteiger partial charge in [-0.3, -0.25) is 14.6 Å². The number of pyridine rings is 1. The van der Waals surface area contributed by atoms with Crippen molar-refractivity contribution in [1.29, 1.82) is 0 Å². The first kappa shape index (κ1) is 19.5. The quantitative estimate of drug-likeness (QED) is 0.646. The number of hydrogen-bond acceptors (Lipinski definition) is 4. The number of carbonyl (C=O) groups excluding carboxylic acids is 2. The van der Waals surface area contributed by atoms with E-state index in [4.69, 9.17) is 0 Å². The van der Waals surface area contributed by atoms with E-state index in [1.54, 1.807) is 41.4 Å². The van der Waals surface area contributed by atoms with Crippen molar-refractivity contribution in [3.05, 3.63) is 66.0 Å². The first-order chi connectivity index (χ1) is 11.0. The Labute approximate surface area is 147 Å². The van der Waals surface area contributed by atoms with E-state index in [2.05, 4.69) is 10.3 Å². The van der Waals surface area contributed by atoms with Crippen molar-refractivity contribution in [2.75, 3.05) is 26.0 Å². The van der Waals surface area contributed by atoms with E-state index in [0.717, 1.165) is 5.69 Å². The Morgan fingerprint density at radius 3 is 2.42 bits per heavy atom. The maximum atomic E-state index is 12.1. The second-order valence-electron chi connectivity index (χ2n) is 5.32. The average molecular weight is 346 g/mol. The van der Waals surface area contributed by atoms with Crippen LogP contribution in [0.15, 0.2) is 54.7 Å². The molecule has 1 aromatic carbocycles. The molecule has 1 amide bonds. The molecule has 0 saturated heterocycles. The van der Waals surface area contributed by atoms with E-state index in [0.29, 0.717) is 17.8 Å². The summed E-state index contributed by atoms with van der Waals surface area (Å²) in [6.07, 6.45) is 4.84. The van der Waals surface area contributed by atoms with Crippen LogP contribution in [0.3, 0.4) is 0 Å². The molecule has 0 saturated carbocycles. The molecule has 0 atom stereocenters. The van der Waals surface area contributed by atoms with Gasteiger partial charge in [-0.25, -0.2) is 0 Å². The number of aromatic nitrogens is 1. The van der Waals surface area contributed by atoms with Gasteiger partial charge in [0, 0.05) is 17.4 Å². The third-order valence-electron chi connectivity index (χ3n) is 3.01. The molecule has 126 valence electrons. The number of allylic oxidation sites excluding steroid dienone is 1. The lowest BCUT2D eigenvalue weighted by Gasteiger charge is -2.10. The minimum atomic E-state index is -0.109. The molecule has 1 N–H and O–H groups in total. The normalized spacial score (nSPS) is 10.5. The van der Waals surface area contributed by atoms with Gasteiger partial charge in [0.1, 0.15) is 0 Å². The van der Waals surface area contributed by atoms with Crippen LogP contribution in [0.25, 0.3) is 6.08 Å². The number of nitrogens with one attached hydrogen (secondary N) is 1. The number of hydrogen-bond donors (Lipinski definition) is 1. The zero-order chi connectivity index (χ0) is 16.7. The van der Waals surface area contributed by atoms with Gasteiger partial charge in [-0.1, -0.05) is 6.07 Å². The van der Waals surface area contributed by atoms with Gasteiger partial charge < -0.3 is 10.2 Å². The molecule has 0 spiro atoms. The summed E-state index contributed by atoms with van der Waals surface area (Å²) in [7, 11) is 3.66. The number of anilines is 1. The largest absolute Gasteiger partial charge is 0.325 e. The van der Waals surface area contributed by atoms with Crippen LogP contribution < -0.4 is 5.32 Å². The maximum Gasteiger partial charge on any atom is 0.238 e. The SMILES string of the molecule is CN(C)CC(=O)Nc1ccc(C(=O)/C=C/c2ccccn2)cc1.Cl. The van der Waals surface area contributed by atoms with Gasteiger partial charge in [-0.2, -0.15) is 0 Å². The summed E-state index contributed by atoms with van der Waals surface area (Å²) in [5.74, 6) is -0.203. The van der Waals surface area contributed by atoms with E-state index in [9.17, 15) is 9.59 Å². The van der Waals surface area contributed by atoms with Crippen LogP contribution in [0.2, 0.25) is 0 Å². The molecule has 2 aromatic rings. The molecule has 5 nitrogen and oxygen atoms in total. The molecule has 24 heavy (non-hydrogen) atoms. The second-order valence-corrected chi connectivity index (χ2v) is 5.32. The smallest absolute Gasteiger partial charge is 0.238 e. The zero-order valence-electron chi connectivity index (χ0n) is 13.6. The number of halogens is 1. The highest BCUT2D eigenvalue weighted by Crippen LogP contribution is 2.11. The van der Waals surface area contributed by atoms with Gasteiger partial charge in [0.2, 0.25) is 5.91 Å². The molecule has 0 aliphatic rings. The molecule has 2 rings (SSSR count). The van der Waals surface area contributed by atoms with Crippen molar-refractivity contribution >= 4 is 35.9 Å². The topological polar surface area (TPSA) is 62.3 Å². The summed E-state index contributed by atoms with van der Waals surface area (Å²) < 4.78 is 0. The Bertz CT molecular complexity index is 698. The van der Waals surface area contributed by atoms with Gasteiger partial charge in [0.05, 0.1) is 12.2 Å². The van der Waals surface area contributed by atoms with Crippen LogP contribution in [-0.2, 0) is 4.79 Å². The van der Waals surface area contributed by atoms with Crippen LogP contribution in [0.5, 0.6) is 0 Å². The molecular formula is C18H20ClN3O2. The molecule has 0 unspecified atom stereocenters. The number of rotatable bonds is 6. The summed E-state index contributed by atoms with van der Waals surface area (Å²) in [6, 6.07) is 12.3. The summed E-state index contributed by atoms with van der Waals surface area (Å²) >= 11 is 0. The Morgan fingerprint density at radius 2 is 1.83 bits per heavy atom. The molecule has 0 fully saturated rings. The minimum Gasteiger partial charge on any atom is -0.325 e. The first-order valence-electron chi connectivity index (χ1n) is 7.22. The Hall–Kier alpha value is -2.50. The first-order valence-corrected chi connectivity index (χ1v) is 7.22. The Morgan fingerprint density at radius 1 is 1.12 bits per heavy atom. The van der Waals surface area contributed by atoms with Crippen LogP contribution in [0.1, 0.15) is 16.1 Å². The molecule has 0 bridgehead atoms. The van der Waals surface area contributed by atoms with E-state index in [1.165, 1.54) is 6.08 Å². The molecule has 6 heteroatoms. The number of likely N-dealkylation sites (N-methyl/N-ethyl adjacent to an activating group) is 1. The van der Waals surface area contributed by atoms with Crippen LogP contribution in [-0.4, -0.2) is 42.2 Å². The van der Waals surface area contributed by atoms with Crippen LogP contribution >= 0.6 is 12.4 Å². The summed E-state index contributed by atoms with van der Waals surface area (Å²) in [4.78, 5) is 29.7. The highest BCUT2D eigenvalue weighted by molar-refractivity contribution is 6.07. The molecular weight excluding hydrogens is 326 g/mol. The van der Waals surface area contributed by atoms with Crippen molar-refractivity contribution in [2.45, 2.75) is 0 Å². The van der Waals surface area contributed by atoms with E-state index >= 15 is 0 Å². The standard InChI is InChI=1S/C18H19N3O2.ClH/c1-21(2)13-18(23)20-16-8-6-14(7-9-16)17(22)11-10-15-5-3-4-12-19-15;/h3-12H,13H2,1-2H3,(H,20,23);1H/b11-10+;. The Balaban J connectivity index is 0.00000288. The minimum absolute atomic E-state index is 0. The lowest BCUT2D eigenvalue weighted by Crippen LogP contribution is -2.27. The molecule has 1 aromatic heterocycles. The van der Waals surface area contributed by atoms with E-state index in [1.807, 2.05) is 32.3 Å². The molecule has 1 heterocycles. The van der Waals surface area contributed by atoms with Crippen molar-refractivity contribution in [1.82, 2.24) is 9.88 Å². The number of nitrogens with zero attached hydrogens (tertiary/aromatic N) is 2. The number of amides is 1. The van der Waals surface area contributed by atoms with Crippen LogP contribution in [0, 0.1) is 0 Å². The van der Waals surface area contributed by atoms with Crippen molar-refractivity contribution < 1.29 is 9.59 Å². The predicted molar refractivity (Wildman–Crippen MR) is 98.5 cm³/mol. The number of carbonyl (C=O) groups is 2. The zero-order valence-corrected chi connectivity index (χ0v) is 14.4. The van der Waals surface area contributed by atoms with Gasteiger partial charge in [0.25, 0.3) is 0 Å². The van der Waals surface area contributed by atoms with Gasteiger partial charge in [-0.05, 0) is 62.6 Å². The van der Waals surface area contributed by atoms with Gasteiger partial charge in [-0.15, -0.1) is 12.4 Å². The number of benzene rings is 1. The fourth-order valence-electron chi connectivity index (χ4n) is 1.94. The van der Waals surface area contributed by atoms with Gasteiger partial charge >= 0.3 is 0 Å². The lowest BCUT2D eigenvalue weighted by atomic mass is 10.1. The fraction of sp³-hybridized carbons (Fsp3) is 0.167. The summed E-state index contributed by atoms with van der Waals surface area (Å²) in [5, 5.41) is 2.78. The third kappa shape index (κ3) is 6.32. The monoisotopic (exact) mass is 345 g/mol. The average Bonchev–Trinajstić information content (AvgIpc) is 2.53. The van der Waals surface area contributed by atoms with Crippen molar-refractivity contribution in [3.8, 4) is 0 Å². The fourth-order valence-corrected chi connectivity index (χ4v) is 1.94. The van der Waals surface area contributed by atoms with Crippen molar-refractivity contribution in [2.24, 2.45) is 0 Å². The van der Waals surface area contributed by atoms with Crippen LogP contribution in [0.4, 0.5) is 5.69 Å². The maximum absolute atomic E-state index is 12.1. The number of ketones is 1. The van der Waals surface area contributed by atoms with E-state index < -0.39 is 0 Å². The second kappa shape index (κ2) is 9.60. The molecule has 0 radical (unpaired) electrons. The van der Waals surface area contributed by atoms with Gasteiger partial charge in [0.15, 0.2) is 5.78 Å². The lowest BCUT2D eigenvalue weighted by molar-refractivity contribution is -0.116.